The Kier molecular flexibility index (Phi) is 7.33. The molecule has 0 aliphatic rings. The van der Waals surface area contributed by atoms with Gasteiger partial charge in [-0.15, -0.1) is 0 Å². The van der Waals surface area contributed by atoms with Crippen LogP contribution in [-0.2, 0) is 4.74 Å². The second-order valence-electron chi connectivity index (χ2n) is 7.34. The Bertz CT molecular complexity index is 1090. The number of rotatable bonds is 9. The second kappa shape index (κ2) is 10.3. The van der Waals surface area contributed by atoms with Gasteiger partial charge in [0, 0.05) is 29.8 Å². The molecule has 3 rings (SSSR count). The number of benzene rings is 3. The predicted molar refractivity (Wildman–Crippen MR) is 122 cm³/mol. The van der Waals surface area contributed by atoms with Gasteiger partial charge in [0.2, 0.25) is 0 Å². The van der Waals surface area contributed by atoms with Gasteiger partial charge in [-0.2, -0.15) is 0 Å². The first-order chi connectivity index (χ1) is 15.4. The SMILES string of the molecule is CCOC(=O)c1ccc(NC(CC(=O)c2ccc(C)cc2)c2ccc([N+](=O)[O-])cc2)cc1. The molecule has 1 unspecified atom stereocenters. The van der Waals surface area contributed by atoms with Crippen molar-refractivity contribution in [1.29, 1.82) is 0 Å². The molecule has 164 valence electrons. The lowest BCUT2D eigenvalue weighted by molar-refractivity contribution is -0.384. The lowest BCUT2D eigenvalue weighted by atomic mass is 9.97. The number of non-ortho nitro benzene ring substituents is 1. The summed E-state index contributed by atoms with van der Waals surface area (Å²) >= 11 is 0. The number of ether oxygens (including phenoxy) is 1. The Morgan fingerprint density at radius 2 is 1.53 bits per heavy atom. The number of ketones is 1. The Labute approximate surface area is 186 Å². The quantitative estimate of drug-likeness (QED) is 0.207. The molecule has 0 fully saturated rings. The van der Waals surface area contributed by atoms with E-state index in [0.717, 1.165) is 11.1 Å². The molecule has 7 nitrogen and oxygen atoms in total. The Hall–Kier alpha value is -4.00. The summed E-state index contributed by atoms with van der Waals surface area (Å²) in [5.74, 6) is -0.454. The number of nitrogens with one attached hydrogen (secondary N) is 1. The van der Waals surface area contributed by atoms with Crippen LogP contribution in [0.25, 0.3) is 0 Å². The van der Waals surface area contributed by atoms with Gasteiger partial charge >= 0.3 is 5.97 Å². The topological polar surface area (TPSA) is 98.5 Å². The summed E-state index contributed by atoms with van der Waals surface area (Å²) in [7, 11) is 0. The van der Waals surface area contributed by atoms with E-state index in [-0.39, 0.29) is 17.9 Å². The summed E-state index contributed by atoms with van der Waals surface area (Å²) in [6.45, 7) is 3.99. The van der Waals surface area contributed by atoms with Crippen molar-refractivity contribution in [2.24, 2.45) is 0 Å². The molecule has 0 heterocycles. The van der Waals surface area contributed by atoms with E-state index in [9.17, 15) is 19.7 Å². The Balaban J connectivity index is 1.84. The molecule has 0 aromatic heterocycles. The summed E-state index contributed by atoms with van der Waals surface area (Å²) in [5, 5.41) is 14.3. The third-order valence-electron chi connectivity index (χ3n) is 5.01. The fourth-order valence-electron chi connectivity index (χ4n) is 3.24. The van der Waals surface area contributed by atoms with Crippen molar-refractivity contribution in [3.05, 3.63) is 105 Å². The number of carbonyl (C=O) groups is 2. The first-order valence-electron chi connectivity index (χ1n) is 10.3. The minimum Gasteiger partial charge on any atom is -0.462 e. The van der Waals surface area contributed by atoms with Gasteiger partial charge in [-0.3, -0.25) is 14.9 Å². The standard InChI is InChI=1S/C25H24N2O5/c1-3-32-25(29)20-8-12-21(13-9-20)26-23(18-10-14-22(15-11-18)27(30)31)16-24(28)19-6-4-17(2)5-7-19/h4-15,23,26H,3,16H2,1-2H3. The van der Waals surface area contributed by atoms with Gasteiger partial charge < -0.3 is 10.1 Å². The molecule has 0 saturated heterocycles. The molecule has 3 aromatic rings. The summed E-state index contributed by atoms with van der Waals surface area (Å²) in [5.41, 5.74) is 3.52. The Morgan fingerprint density at radius 1 is 0.938 bits per heavy atom. The van der Waals surface area contributed by atoms with Gasteiger partial charge in [0.15, 0.2) is 5.78 Å². The van der Waals surface area contributed by atoms with Crippen LogP contribution in [0.3, 0.4) is 0 Å². The minimum atomic E-state index is -0.461. The molecule has 3 aromatic carbocycles. The highest BCUT2D eigenvalue weighted by atomic mass is 16.6. The molecule has 32 heavy (non-hydrogen) atoms. The molecule has 0 spiro atoms. The first kappa shape index (κ1) is 22.7. The highest BCUT2D eigenvalue weighted by Gasteiger charge is 2.19. The van der Waals surface area contributed by atoms with E-state index < -0.39 is 16.9 Å². The minimum absolute atomic E-state index is 0.0175. The van der Waals surface area contributed by atoms with Crippen LogP contribution in [0.15, 0.2) is 72.8 Å². The van der Waals surface area contributed by atoms with E-state index in [1.807, 2.05) is 19.1 Å². The smallest absolute Gasteiger partial charge is 0.338 e. The van der Waals surface area contributed by atoms with Crippen LogP contribution in [0.2, 0.25) is 0 Å². The largest absolute Gasteiger partial charge is 0.462 e. The number of carbonyl (C=O) groups excluding carboxylic acids is 2. The van der Waals surface area contributed by atoms with Crippen LogP contribution in [0.5, 0.6) is 0 Å². The predicted octanol–water partition coefficient (Wildman–Crippen LogP) is 5.51. The summed E-state index contributed by atoms with van der Waals surface area (Å²) in [4.78, 5) is 35.3. The molecular formula is C25H24N2O5. The first-order valence-corrected chi connectivity index (χ1v) is 10.3. The van der Waals surface area contributed by atoms with Crippen LogP contribution >= 0.6 is 0 Å². The van der Waals surface area contributed by atoms with Crippen LogP contribution in [0.4, 0.5) is 11.4 Å². The maximum absolute atomic E-state index is 12.9. The molecule has 0 amide bonds. The number of hydrogen-bond acceptors (Lipinski definition) is 6. The van der Waals surface area contributed by atoms with Gasteiger partial charge in [0.05, 0.1) is 23.1 Å². The fraction of sp³-hybridized carbons (Fsp3) is 0.200. The molecular weight excluding hydrogens is 408 g/mol. The van der Waals surface area contributed by atoms with E-state index in [2.05, 4.69) is 5.32 Å². The fourth-order valence-corrected chi connectivity index (χ4v) is 3.24. The van der Waals surface area contributed by atoms with Crippen LogP contribution in [-0.4, -0.2) is 23.3 Å². The Morgan fingerprint density at radius 3 is 2.09 bits per heavy atom. The molecule has 0 radical (unpaired) electrons. The molecule has 0 saturated carbocycles. The third-order valence-corrected chi connectivity index (χ3v) is 5.01. The summed E-state index contributed by atoms with van der Waals surface area (Å²) < 4.78 is 5.00. The average molecular weight is 432 g/mol. The van der Waals surface area contributed by atoms with Crippen LogP contribution in [0.1, 0.15) is 51.2 Å². The van der Waals surface area contributed by atoms with E-state index >= 15 is 0 Å². The highest BCUT2D eigenvalue weighted by Crippen LogP contribution is 2.27. The van der Waals surface area contributed by atoms with E-state index in [1.54, 1.807) is 55.5 Å². The molecule has 0 bridgehead atoms. The molecule has 0 aliphatic heterocycles. The van der Waals surface area contributed by atoms with Crippen molar-refractivity contribution in [2.75, 3.05) is 11.9 Å². The summed E-state index contributed by atoms with van der Waals surface area (Å²) in [6, 6.07) is 19.8. The number of nitrogens with zero attached hydrogens (tertiary/aromatic N) is 1. The van der Waals surface area contributed by atoms with Crippen molar-refractivity contribution < 1.29 is 19.2 Å². The number of esters is 1. The van der Waals surface area contributed by atoms with E-state index in [0.29, 0.717) is 23.4 Å². The number of aryl methyl sites for hydroxylation is 1. The van der Waals surface area contributed by atoms with Gasteiger partial charge in [-0.25, -0.2) is 4.79 Å². The maximum Gasteiger partial charge on any atom is 0.338 e. The van der Waals surface area contributed by atoms with E-state index in [4.69, 9.17) is 4.74 Å². The maximum atomic E-state index is 12.9. The number of anilines is 1. The van der Waals surface area contributed by atoms with Crippen LogP contribution in [0, 0.1) is 17.0 Å². The lowest BCUT2D eigenvalue weighted by Crippen LogP contribution is -2.16. The monoisotopic (exact) mass is 432 g/mol. The van der Waals surface area contributed by atoms with Crippen molar-refractivity contribution in [3.63, 3.8) is 0 Å². The highest BCUT2D eigenvalue weighted by molar-refractivity contribution is 5.96. The van der Waals surface area contributed by atoms with Crippen LogP contribution < -0.4 is 5.32 Å². The number of nitro benzene ring substituents is 1. The van der Waals surface area contributed by atoms with Gasteiger partial charge in [-0.1, -0.05) is 42.0 Å². The van der Waals surface area contributed by atoms with Crippen molar-refractivity contribution in [3.8, 4) is 0 Å². The lowest BCUT2D eigenvalue weighted by Gasteiger charge is -2.20. The van der Waals surface area contributed by atoms with Crippen molar-refractivity contribution in [2.45, 2.75) is 26.3 Å². The number of nitro groups is 1. The molecule has 7 heteroatoms. The van der Waals surface area contributed by atoms with Gasteiger partial charge in [0.1, 0.15) is 0 Å². The third kappa shape index (κ3) is 5.78. The van der Waals surface area contributed by atoms with Gasteiger partial charge in [-0.05, 0) is 43.7 Å². The second-order valence-corrected chi connectivity index (χ2v) is 7.34. The molecule has 1 atom stereocenters. The normalized spacial score (nSPS) is 11.4. The van der Waals surface area contributed by atoms with Crippen molar-refractivity contribution >= 4 is 23.1 Å². The molecule has 0 aliphatic carbocycles. The van der Waals surface area contributed by atoms with Crippen molar-refractivity contribution in [1.82, 2.24) is 0 Å². The zero-order chi connectivity index (χ0) is 23.1. The average Bonchev–Trinajstić information content (AvgIpc) is 2.79. The number of hydrogen-bond donors (Lipinski definition) is 1. The zero-order valence-electron chi connectivity index (χ0n) is 17.9. The van der Waals surface area contributed by atoms with Gasteiger partial charge in [0.25, 0.3) is 5.69 Å². The zero-order valence-corrected chi connectivity index (χ0v) is 17.9. The molecule has 1 N–H and O–H groups in total. The van der Waals surface area contributed by atoms with E-state index in [1.165, 1.54) is 12.1 Å². The summed E-state index contributed by atoms with van der Waals surface area (Å²) in [6.07, 6.45) is 0.153. The number of Topliss-reactive ketones (excluding diaryl/α,β-unsaturated/α-hetero) is 1.